The summed E-state index contributed by atoms with van der Waals surface area (Å²) in [4.78, 5) is 13.3. The van der Waals surface area contributed by atoms with Crippen molar-refractivity contribution in [2.75, 3.05) is 19.8 Å². The Morgan fingerprint density at radius 2 is 1.79 bits per heavy atom. The molecule has 5 heteroatoms. The Balaban J connectivity index is 1.74. The molecule has 1 fully saturated rings. The Hall–Kier alpha value is -1.88. The molecule has 0 spiro atoms. The lowest BCUT2D eigenvalue weighted by Gasteiger charge is -2.29. The summed E-state index contributed by atoms with van der Waals surface area (Å²) in [6, 6.07) is 15.7. The normalized spacial score (nSPS) is 16.7. The van der Waals surface area contributed by atoms with Crippen molar-refractivity contribution in [2.24, 2.45) is 0 Å². The molecule has 1 saturated carbocycles. The van der Waals surface area contributed by atoms with Crippen LogP contribution in [0.1, 0.15) is 48.5 Å². The highest BCUT2D eigenvalue weighted by Crippen LogP contribution is 2.41. The lowest BCUT2D eigenvalue weighted by Crippen LogP contribution is -2.44. The van der Waals surface area contributed by atoms with Gasteiger partial charge in [0, 0.05) is 11.6 Å². The number of hydrogen-bond acceptors (Lipinski definition) is 3. The number of halogens is 1. The van der Waals surface area contributed by atoms with E-state index < -0.39 is 5.41 Å². The first kappa shape index (κ1) is 20.8. The van der Waals surface area contributed by atoms with Crippen LogP contribution in [-0.4, -0.2) is 30.8 Å². The SMILES string of the molecule is Cc1ccc([C@H](CNC(=O)C2(c3ccc(Cl)cc3)CCCC2)OCCO)cc1. The largest absolute Gasteiger partial charge is 0.394 e. The van der Waals surface area contributed by atoms with Crippen LogP contribution in [0.5, 0.6) is 0 Å². The third kappa shape index (κ3) is 4.75. The van der Waals surface area contributed by atoms with Gasteiger partial charge in [0.05, 0.1) is 24.7 Å². The molecule has 2 N–H and O–H groups in total. The van der Waals surface area contributed by atoms with Crippen LogP contribution in [0, 0.1) is 6.92 Å². The summed E-state index contributed by atoms with van der Waals surface area (Å²) in [6.07, 6.45) is 3.47. The lowest BCUT2D eigenvalue weighted by molar-refractivity contribution is -0.127. The molecule has 150 valence electrons. The number of rotatable bonds is 8. The molecule has 4 nitrogen and oxygen atoms in total. The summed E-state index contributed by atoms with van der Waals surface area (Å²) in [5.74, 6) is 0.0389. The average Bonchev–Trinajstić information content (AvgIpc) is 3.20. The molecule has 2 aromatic rings. The molecule has 2 aromatic carbocycles. The third-order valence-corrected chi connectivity index (χ3v) is 5.85. The standard InChI is InChI=1S/C23H28ClNO3/c1-17-4-6-18(7-5-17)21(28-15-14-26)16-25-22(27)23(12-2-3-13-23)19-8-10-20(24)11-9-19/h4-11,21,26H,2-3,12-16H2,1H3,(H,25,27)/t21-/m0/s1. The second kappa shape index (κ2) is 9.55. The fourth-order valence-electron chi connectivity index (χ4n) is 4.00. The molecular weight excluding hydrogens is 374 g/mol. The molecule has 0 unspecified atom stereocenters. The molecule has 0 bridgehead atoms. The number of ether oxygens (including phenoxy) is 1. The zero-order valence-corrected chi connectivity index (χ0v) is 17.0. The van der Waals surface area contributed by atoms with Crippen LogP contribution in [0.3, 0.4) is 0 Å². The van der Waals surface area contributed by atoms with Gasteiger partial charge in [-0.2, -0.15) is 0 Å². The molecule has 3 rings (SSSR count). The Morgan fingerprint density at radius 1 is 1.14 bits per heavy atom. The smallest absolute Gasteiger partial charge is 0.230 e. The predicted molar refractivity (Wildman–Crippen MR) is 112 cm³/mol. The number of hydrogen-bond donors (Lipinski definition) is 2. The third-order valence-electron chi connectivity index (χ3n) is 5.60. The second-order valence-electron chi connectivity index (χ2n) is 7.50. The first-order valence-electron chi connectivity index (χ1n) is 9.88. The van der Waals surface area contributed by atoms with Gasteiger partial charge in [0.1, 0.15) is 0 Å². The monoisotopic (exact) mass is 401 g/mol. The Bertz CT molecular complexity index is 767. The van der Waals surface area contributed by atoms with E-state index in [1.54, 1.807) is 0 Å². The Kier molecular flexibility index (Phi) is 7.11. The molecule has 0 radical (unpaired) electrons. The quantitative estimate of drug-likeness (QED) is 0.692. The Morgan fingerprint density at radius 3 is 2.39 bits per heavy atom. The van der Waals surface area contributed by atoms with Gasteiger partial charge in [0.25, 0.3) is 0 Å². The minimum absolute atomic E-state index is 0.0389. The van der Waals surface area contributed by atoms with Crippen molar-refractivity contribution in [3.63, 3.8) is 0 Å². The first-order valence-corrected chi connectivity index (χ1v) is 10.3. The van der Waals surface area contributed by atoms with Crippen molar-refractivity contribution in [3.8, 4) is 0 Å². The van der Waals surface area contributed by atoms with Crippen LogP contribution >= 0.6 is 11.6 Å². The molecular formula is C23H28ClNO3. The average molecular weight is 402 g/mol. The van der Waals surface area contributed by atoms with Crippen LogP contribution in [0.25, 0.3) is 0 Å². The van der Waals surface area contributed by atoms with E-state index in [2.05, 4.69) is 5.32 Å². The maximum absolute atomic E-state index is 13.3. The molecule has 28 heavy (non-hydrogen) atoms. The van der Waals surface area contributed by atoms with Crippen molar-refractivity contribution < 1.29 is 14.6 Å². The molecule has 0 saturated heterocycles. The van der Waals surface area contributed by atoms with E-state index in [0.717, 1.165) is 36.8 Å². The minimum atomic E-state index is -0.501. The zero-order valence-electron chi connectivity index (χ0n) is 16.3. The van der Waals surface area contributed by atoms with Gasteiger partial charge in [0.15, 0.2) is 0 Å². The van der Waals surface area contributed by atoms with E-state index in [1.165, 1.54) is 5.56 Å². The fraction of sp³-hybridized carbons (Fsp3) is 0.435. The van der Waals surface area contributed by atoms with Gasteiger partial charge in [-0.1, -0.05) is 66.4 Å². The number of benzene rings is 2. The number of nitrogens with one attached hydrogen (secondary N) is 1. The van der Waals surface area contributed by atoms with Crippen LogP contribution < -0.4 is 5.32 Å². The minimum Gasteiger partial charge on any atom is -0.394 e. The van der Waals surface area contributed by atoms with Crippen LogP contribution in [0.15, 0.2) is 48.5 Å². The topological polar surface area (TPSA) is 58.6 Å². The summed E-state index contributed by atoms with van der Waals surface area (Å²) >= 11 is 6.04. The maximum Gasteiger partial charge on any atom is 0.230 e. The summed E-state index contributed by atoms with van der Waals surface area (Å²) in [6.45, 7) is 2.59. The van der Waals surface area contributed by atoms with E-state index in [9.17, 15) is 4.79 Å². The highest BCUT2D eigenvalue weighted by molar-refractivity contribution is 6.30. The number of aryl methyl sites for hydroxylation is 1. The van der Waals surface area contributed by atoms with E-state index in [1.807, 2.05) is 55.5 Å². The molecule has 0 heterocycles. The lowest BCUT2D eigenvalue weighted by atomic mass is 9.78. The van der Waals surface area contributed by atoms with Gasteiger partial charge >= 0.3 is 0 Å². The number of carbonyl (C=O) groups is 1. The zero-order chi connectivity index (χ0) is 20.0. The Labute approximate surface area is 171 Å². The number of carbonyl (C=O) groups excluding carboxylic acids is 1. The van der Waals surface area contributed by atoms with Crippen molar-refractivity contribution in [1.29, 1.82) is 0 Å². The maximum atomic E-state index is 13.3. The first-order chi connectivity index (χ1) is 13.5. The highest BCUT2D eigenvalue weighted by atomic mass is 35.5. The van der Waals surface area contributed by atoms with Gasteiger partial charge in [-0.05, 0) is 43.0 Å². The fourth-order valence-corrected chi connectivity index (χ4v) is 4.12. The van der Waals surface area contributed by atoms with Gasteiger partial charge in [0.2, 0.25) is 5.91 Å². The molecule has 1 amide bonds. The molecule has 1 aliphatic carbocycles. The van der Waals surface area contributed by atoms with Gasteiger partial charge in [-0.25, -0.2) is 0 Å². The highest BCUT2D eigenvalue weighted by Gasteiger charge is 2.42. The van der Waals surface area contributed by atoms with E-state index in [0.29, 0.717) is 11.6 Å². The van der Waals surface area contributed by atoms with Crippen molar-refractivity contribution in [3.05, 3.63) is 70.2 Å². The molecule has 0 aliphatic heterocycles. The van der Waals surface area contributed by atoms with Gasteiger partial charge in [-0.3, -0.25) is 4.79 Å². The predicted octanol–water partition coefficient (Wildman–Crippen LogP) is 4.33. The van der Waals surface area contributed by atoms with Crippen molar-refractivity contribution in [2.45, 2.75) is 44.1 Å². The summed E-state index contributed by atoms with van der Waals surface area (Å²) in [5, 5.41) is 12.9. The van der Waals surface area contributed by atoms with Crippen molar-refractivity contribution in [1.82, 2.24) is 5.32 Å². The van der Waals surface area contributed by atoms with E-state index >= 15 is 0 Å². The molecule has 1 atom stereocenters. The number of aliphatic hydroxyl groups excluding tert-OH is 1. The summed E-state index contributed by atoms with van der Waals surface area (Å²) in [5.41, 5.74) is 2.68. The van der Waals surface area contributed by atoms with E-state index in [-0.39, 0.29) is 25.2 Å². The molecule has 0 aromatic heterocycles. The number of amides is 1. The van der Waals surface area contributed by atoms with Gasteiger partial charge < -0.3 is 15.2 Å². The second-order valence-corrected chi connectivity index (χ2v) is 7.94. The van der Waals surface area contributed by atoms with Crippen molar-refractivity contribution >= 4 is 17.5 Å². The summed E-state index contributed by atoms with van der Waals surface area (Å²) < 4.78 is 5.80. The molecule has 1 aliphatic rings. The van der Waals surface area contributed by atoms with Crippen LogP contribution in [0.4, 0.5) is 0 Å². The van der Waals surface area contributed by atoms with Crippen LogP contribution in [0.2, 0.25) is 5.02 Å². The van der Waals surface area contributed by atoms with Gasteiger partial charge in [-0.15, -0.1) is 0 Å². The van der Waals surface area contributed by atoms with Crippen LogP contribution in [-0.2, 0) is 14.9 Å². The number of aliphatic hydroxyl groups is 1. The summed E-state index contributed by atoms with van der Waals surface area (Å²) in [7, 11) is 0. The van der Waals surface area contributed by atoms with E-state index in [4.69, 9.17) is 21.4 Å².